The number of aliphatic hydroxyl groups is 1. The smallest absolute Gasteiger partial charge is 0.0615 e. The van der Waals surface area contributed by atoms with Crippen molar-refractivity contribution in [2.75, 3.05) is 19.7 Å². The highest BCUT2D eigenvalue weighted by Crippen LogP contribution is 2.50. The van der Waals surface area contributed by atoms with E-state index in [1.807, 2.05) is 0 Å². The molecular formula is C15H27NO. The zero-order chi connectivity index (χ0) is 11.9. The van der Waals surface area contributed by atoms with Gasteiger partial charge in [0.05, 0.1) is 6.61 Å². The Kier molecular flexibility index (Phi) is 2.99. The second kappa shape index (κ2) is 4.24. The van der Waals surface area contributed by atoms with Crippen molar-refractivity contribution in [2.24, 2.45) is 11.3 Å². The first kappa shape index (κ1) is 12.0. The van der Waals surface area contributed by atoms with E-state index in [-0.39, 0.29) is 5.54 Å². The Morgan fingerprint density at radius 2 is 1.82 bits per heavy atom. The highest BCUT2D eigenvalue weighted by molar-refractivity contribution is 5.06. The minimum absolute atomic E-state index is 0.158. The molecule has 3 aliphatic rings. The molecule has 3 fully saturated rings. The maximum Gasteiger partial charge on any atom is 0.0615 e. The molecule has 0 amide bonds. The average Bonchev–Trinajstić information content (AvgIpc) is 2.76. The van der Waals surface area contributed by atoms with E-state index in [4.69, 9.17) is 0 Å². The molecule has 1 N–H and O–H groups in total. The van der Waals surface area contributed by atoms with Crippen molar-refractivity contribution < 1.29 is 5.11 Å². The van der Waals surface area contributed by atoms with Crippen LogP contribution in [-0.2, 0) is 0 Å². The van der Waals surface area contributed by atoms with Gasteiger partial charge >= 0.3 is 0 Å². The van der Waals surface area contributed by atoms with E-state index in [2.05, 4.69) is 11.8 Å². The van der Waals surface area contributed by atoms with Crippen molar-refractivity contribution in [1.82, 2.24) is 4.90 Å². The normalized spacial score (nSPS) is 41.6. The molecule has 0 aromatic heterocycles. The largest absolute Gasteiger partial charge is 0.394 e. The van der Waals surface area contributed by atoms with Crippen LogP contribution in [0.5, 0.6) is 0 Å². The zero-order valence-electron chi connectivity index (χ0n) is 11.2. The van der Waals surface area contributed by atoms with E-state index in [9.17, 15) is 5.11 Å². The fraction of sp³-hybridized carbons (Fsp3) is 1.00. The molecule has 3 rings (SSSR count). The molecule has 1 spiro atoms. The van der Waals surface area contributed by atoms with Gasteiger partial charge in [-0.05, 0) is 37.0 Å². The van der Waals surface area contributed by atoms with Gasteiger partial charge in [-0.2, -0.15) is 0 Å². The van der Waals surface area contributed by atoms with E-state index in [1.165, 1.54) is 64.5 Å². The molecule has 1 saturated heterocycles. The SMILES string of the molecule is CC1CCCC(CO)(N2CC3(CCCC3)C2)C1. The minimum atomic E-state index is 0.158. The van der Waals surface area contributed by atoms with Gasteiger partial charge in [0.2, 0.25) is 0 Å². The molecule has 2 aliphatic carbocycles. The van der Waals surface area contributed by atoms with Crippen LogP contribution in [0, 0.1) is 11.3 Å². The third-order valence-corrected chi connectivity index (χ3v) is 5.75. The number of hydrogen-bond acceptors (Lipinski definition) is 2. The number of likely N-dealkylation sites (tertiary alicyclic amines) is 1. The van der Waals surface area contributed by atoms with Crippen LogP contribution in [0.3, 0.4) is 0 Å². The Morgan fingerprint density at radius 1 is 1.12 bits per heavy atom. The van der Waals surface area contributed by atoms with Gasteiger partial charge in [-0.25, -0.2) is 0 Å². The van der Waals surface area contributed by atoms with Crippen LogP contribution in [0.2, 0.25) is 0 Å². The summed E-state index contributed by atoms with van der Waals surface area (Å²) >= 11 is 0. The molecular weight excluding hydrogens is 210 g/mol. The van der Waals surface area contributed by atoms with E-state index in [0.29, 0.717) is 12.0 Å². The first-order chi connectivity index (χ1) is 8.18. The van der Waals surface area contributed by atoms with E-state index in [1.54, 1.807) is 0 Å². The molecule has 2 heteroatoms. The van der Waals surface area contributed by atoms with Gasteiger partial charge in [-0.15, -0.1) is 0 Å². The summed E-state index contributed by atoms with van der Waals surface area (Å²) in [4.78, 5) is 2.63. The summed E-state index contributed by atoms with van der Waals surface area (Å²) in [6, 6.07) is 0. The van der Waals surface area contributed by atoms with Crippen LogP contribution in [0.15, 0.2) is 0 Å². The van der Waals surface area contributed by atoms with Crippen LogP contribution in [0.25, 0.3) is 0 Å². The van der Waals surface area contributed by atoms with Gasteiger partial charge in [0, 0.05) is 18.6 Å². The van der Waals surface area contributed by atoms with E-state index in [0.717, 1.165) is 5.92 Å². The van der Waals surface area contributed by atoms with Crippen molar-refractivity contribution in [1.29, 1.82) is 0 Å². The van der Waals surface area contributed by atoms with Crippen LogP contribution in [0.1, 0.15) is 58.3 Å². The first-order valence-corrected chi connectivity index (χ1v) is 7.54. The number of rotatable bonds is 2. The third-order valence-electron chi connectivity index (χ3n) is 5.75. The first-order valence-electron chi connectivity index (χ1n) is 7.54. The van der Waals surface area contributed by atoms with Gasteiger partial charge < -0.3 is 5.11 Å². The predicted molar refractivity (Wildman–Crippen MR) is 69.9 cm³/mol. The topological polar surface area (TPSA) is 23.5 Å². The van der Waals surface area contributed by atoms with Crippen molar-refractivity contribution >= 4 is 0 Å². The lowest BCUT2D eigenvalue weighted by molar-refractivity contribution is -0.116. The second-order valence-corrected chi connectivity index (χ2v) is 7.15. The molecule has 2 nitrogen and oxygen atoms in total. The summed E-state index contributed by atoms with van der Waals surface area (Å²) in [5.41, 5.74) is 0.828. The molecule has 2 saturated carbocycles. The molecule has 2 atom stereocenters. The Morgan fingerprint density at radius 3 is 2.41 bits per heavy atom. The van der Waals surface area contributed by atoms with Gasteiger partial charge in [0.15, 0.2) is 0 Å². The minimum Gasteiger partial charge on any atom is -0.394 e. The van der Waals surface area contributed by atoms with E-state index >= 15 is 0 Å². The lowest BCUT2D eigenvalue weighted by Gasteiger charge is -2.59. The number of hydrogen-bond donors (Lipinski definition) is 1. The standard InChI is InChI=1S/C15H27NO/c1-13-5-4-8-15(9-13,12-17)16-10-14(11-16)6-2-3-7-14/h13,17H,2-12H2,1H3. The molecule has 98 valence electrons. The Balaban J connectivity index is 1.66. The zero-order valence-corrected chi connectivity index (χ0v) is 11.2. The molecule has 0 aromatic carbocycles. The fourth-order valence-electron chi connectivity index (χ4n) is 4.70. The Labute approximate surface area is 105 Å². The van der Waals surface area contributed by atoms with Gasteiger partial charge in [-0.3, -0.25) is 4.90 Å². The van der Waals surface area contributed by atoms with Gasteiger partial charge in [-0.1, -0.05) is 32.6 Å². The highest BCUT2D eigenvalue weighted by atomic mass is 16.3. The van der Waals surface area contributed by atoms with Crippen molar-refractivity contribution in [3.05, 3.63) is 0 Å². The lowest BCUT2D eigenvalue weighted by Crippen LogP contribution is -2.67. The molecule has 0 aromatic rings. The van der Waals surface area contributed by atoms with E-state index < -0.39 is 0 Å². The van der Waals surface area contributed by atoms with Gasteiger partial charge in [0.25, 0.3) is 0 Å². The molecule has 1 heterocycles. The fourth-order valence-corrected chi connectivity index (χ4v) is 4.70. The van der Waals surface area contributed by atoms with Crippen molar-refractivity contribution in [3.63, 3.8) is 0 Å². The molecule has 0 radical (unpaired) electrons. The highest BCUT2D eigenvalue weighted by Gasteiger charge is 2.52. The summed E-state index contributed by atoms with van der Waals surface area (Å²) in [5.74, 6) is 0.802. The Bertz CT molecular complexity index is 277. The van der Waals surface area contributed by atoms with Crippen LogP contribution < -0.4 is 0 Å². The van der Waals surface area contributed by atoms with Crippen LogP contribution >= 0.6 is 0 Å². The van der Waals surface area contributed by atoms with Crippen LogP contribution in [-0.4, -0.2) is 35.2 Å². The maximum absolute atomic E-state index is 9.88. The quantitative estimate of drug-likeness (QED) is 0.798. The summed E-state index contributed by atoms with van der Waals surface area (Å²) < 4.78 is 0. The third kappa shape index (κ3) is 1.94. The van der Waals surface area contributed by atoms with Crippen LogP contribution in [0.4, 0.5) is 0 Å². The summed E-state index contributed by atoms with van der Waals surface area (Å²) in [6.45, 7) is 5.29. The summed E-state index contributed by atoms with van der Waals surface area (Å²) in [5, 5.41) is 9.88. The monoisotopic (exact) mass is 237 g/mol. The predicted octanol–water partition coefficient (Wildman–Crippen LogP) is 2.80. The molecule has 2 unspecified atom stereocenters. The number of aliphatic hydroxyl groups excluding tert-OH is 1. The maximum atomic E-state index is 9.88. The van der Waals surface area contributed by atoms with Gasteiger partial charge in [0.1, 0.15) is 0 Å². The molecule has 17 heavy (non-hydrogen) atoms. The Hall–Kier alpha value is -0.0800. The molecule has 1 aliphatic heterocycles. The molecule has 0 bridgehead atoms. The second-order valence-electron chi connectivity index (χ2n) is 7.15. The summed E-state index contributed by atoms with van der Waals surface area (Å²) in [7, 11) is 0. The van der Waals surface area contributed by atoms with Crippen molar-refractivity contribution in [2.45, 2.75) is 63.8 Å². The lowest BCUT2D eigenvalue weighted by atomic mass is 9.69. The average molecular weight is 237 g/mol. The number of nitrogens with zero attached hydrogens (tertiary/aromatic N) is 1. The summed E-state index contributed by atoms with van der Waals surface area (Å²) in [6.07, 6.45) is 10.9. The van der Waals surface area contributed by atoms with Crippen molar-refractivity contribution in [3.8, 4) is 0 Å².